The molecule has 0 saturated heterocycles. The van der Waals surface area contributed by atoms with Gasteiger partial charge in [0.1, 0.15) is 5.69 Å². The molecular formula is C46H27N3. The summed E-state index contributed by atoms with van der Waals surface area (Å²) in [7, 11) is 0. The van der Waals surface area contributed by atoms with Crippen LogP contribution in [0.15, 0.2) is 164 Å². The van der Waals surface area contributed by atoms with Gasteiger partial charge < -0.3 is 0 Å². The van der Waals surface area contributed by atoms with Gasteiger partial charge in [-0.05, 0) is 67.4 Å². The zero-order valence-corrected chi connectivity index (χ0v) is 26.4. The Balaban J connectivity index is 1.39. The topological polar surface area (TPSA) is 30.7 Å². The molecule has 0 radical (unpaired) electrons. The second-order valence-electron chi connectivity index (χ2n) is 12.9. The monoisotopic (exact) mass is 621 g/mol. The summed E-state index contributed by atoms with van der Waals surface area (Å²) in [5, 5.41) is 14.7. The molecule has 0 N–H and O–H groups in total. The summed E-state index contributed by atoms with van der Waals surface area (Å²) in [6, 6.07) is 58.9. The van der Waals surface area contributed by atoms with Gasteiger partial charge in [0.25, 0.3) is 0 Å². The molecule has 0 saturated carbocycles. The molecule has 0 spiro atoms. The minimum atomic E-state index is 0.828. The van der Waals surface area contributed by atoms with Crippen LogP contribution in [0.3, 0.4) is 0 Å². The molecule has 0 aliphatic rings. The van der Waals surface area contributed by atoms with Crippen LogP contribution < -0.4 is 0 Å². The lowest BCUT2D eigenvalue weighted by molar-refractivity contribution is 1.08. The molecular weight excluding hydrogens is 595 g/mol. The highest BCUT2D eigenvalue weighted by Gasteiger charge is 2.23. The van der Waals surface area contributed by atoms with E-state index in [1.165, 1.54) is 53.9 Å². The van der Waals surface area contributed by atoms with Crippen LogP contribution in [0.25, 0.3) is 104 Å². The summed E-state index contributed by atoms with van der Waals surface area (Å²) in [5.41, 5.74) is 5.92. The number of nitrogens with zero attached hydrogens (tertiary/aromatic N) is 3. The molecule has 2 aromatic heterocycles. The molecule has 0 aliphatic carbocycles. The maximum Gasteiger partial charge on any atom is 0.165 e. The van der Waals surface area contributed by atoms with Crippen LogP contribution in [0.5, 0.6) is 0 Å². The lowest BCUT2D eigenvalue weighted by Crippen LogP contribution is -2.04. The van der Waals surface area contributed by atoms with Crippen LogP contribution in [0.4, 0.5) is 0 Å². The summed E-state index contributed by atoms with van der Waals surface area (Å²) in [5.74, 6) is 0.828. The molecule has 0 bridgehead atoms. The number of fused-ring (bicyclic) bond motifs is 14. The molecule has 49 heavy (non-hydrogen) atoms. The fraction of sp³-hybridized carbons (Fsp3) is 0. The number of hydrogen-bond donors (Lipinski definition) is 0. The van der Waals surface area contributed by atoms with E-state index < -0.39 is 0 Å². The third-order valence-electron chi connectivity index (χ3n) is 10.3. The Morgan fingerprint density at radius 1 is 0.367 bits per heavy atom. The molecule has 9 aromatic carbocycles. The maximum absolute atomic E-state index is 5.52. The molecule has 0 unspecified atom stereocenters. The van der Waals surface area contributed by atoms with Crippen molar-refractivity contribution in [1.82, 2.24) is 14.5 Å². The van der Waals surface area contributed by atoms with Crippen LogP contribution in [-0.2, 0) is 0 Å². The quantitative estimate of drug-likeness (QED) is 0.180. The molecule has 0 aliphatic heterocycles. The minimum Gasteiger partial charge on any atom is -0.292 e. The number of rotatable bonds is 2. The highest BCUT2D eigenvalue weighted by Crippen LogP contribution is 2.45. The van der Waals surface area contributed by atoms with Gasteiger partial charge in [-0.2, -0.15) is 0 Å². The van der Waals surface area contributed by atoms with Crippen LogP contribution in [0.2, 0.25) is 0 Å². The van der Waals surface area contributed by atoms with E-state index in [-0.39, 0.29) is 0 Å². The van der Waals surface area contributed by atoms with Gasteiger partial charge in [0.05, 0.1) is 22.1 Å². The fourth-order valence-corrected chi connectivity index (χ4v) is 8.14. The van der Waals surface area contributed by atoms with Gasteiger partial charge in [-0.15, -0.1) is 0 Å². The van der Waals surface area contributed by atoms with Gasteiger partial charge in [0.15, 0.2) is 5.82 Å². The van der Waals surface area contributed by atoms with Crippen molar-refractivity contribution in [2.24, 2.45) is 0 Å². The van der Waals surface area contributed by atoms with Crippen molar-refractivity contribution in [2.45, 2.75) is 0 Å². The van der Waals surface area contributed by atoms with E-state index in [2.05, 4.69) is 168 Å². The fourth-order valence-electron chi connectivity index (χ4n) is 8.14. The number of benzene rings is 9. The van der Waals surface area contributed by atoms with Gasteiger partial charge >= 0.3 is 0 Å². The van der Waals surface area contributed by atoms with Crippen LogP contribution in [0, 0.1) is 0 Å². The molecule has 0 amide bonds. The summed E-state index contributed by atoms with van der Waals surface area (Å²) < 4.78 is 2.37. The van der Waals surface area contributed by atoms with Crippen LogP contribution in [-0.4, -0.2) is 14.5 Å². The van der Waals surface area contributed by atoms with E-state index >= 15 is 0 Å². The highest BCUT2D eigenvalue weighted by atomic mass is 15.1. The van der Waals surface area contributed by atoms with E-state index in [1.807, 2.05) is 0 Å². The Hall–Kier alpha value is -6.58. The smallest absolute Gasteiger partial charge is 0.165 e. The zero-order valence-electron chi connectivity index (χ0n) is 26.4. The van der Waals surface area contributed by atoms with Gasteiger partial charge in [-0.25, -0.2) is 9.97 Å². The molecule has 226 valence electrons. The number of aromatic nitrogens is 3. The summed E-state index contributed by atoms with van der Waals surface area (Å²) >= 11 is 0. The Morgan fingerprint density at radius 3 is 1.71 bits per heavy atom. The molecule has 11 rings (SSSR count). The van der Waals surface area contributed by atoms with Crippen molar-refractivity contribution in [3.05, 3.63) is 164 Å². The minimum absolute atomic E-state index is 0.828. The van der Waals surface area contributed by atoms with E-state index in [1.54, 1.807) is 0 Å². The standard InChI is InChI=1S/C46H27N3/c1-2-13-29(14-3-1)44-46(47-39-24-22-28-12-6-7-17-32(28)45(39)48-44)49-40-25-23-37-35-20-9-8-18-33(35)34-19-10-11-21-36(34)42(37)43(40)38-26-30-15-4-5-16-31(30)27-41(38)49/h1-27H. The third-order valence-corrected chi connectivity index (χ3v) is 10.3. The van der Waals surface area contributed by atoms with E-state index in [9.17, 15) is 0 Å². The molecule has 0 fully saturated rings. The lowest BCUT2D eigenvalue weighted by Gasteiger charge is -2.15. The van der Waals surface area contributed by atoms with Crippen LogP contribution in [0.1, 0.15) is 0 Å². The van der Waals surface area contributed by atoms with Crippen molar-refractivity contribution >= 4 is 86.7 Å². The molecule has 2 heterocycles. The predicted octanol–water partition coefficient (Wildman–Crippen LogP) is 12.2. The Morgan fingerprint density at radius 2 is 0.959 bits per heavy atom. The lowest BCUT2D eigenvalue weighted by atomic mass is 9.91. The van der Waals surface area contributed by atoms with Crippen molar-refractivity contribution < 1.29 is 0 Å². The van der Waals surface area contributed by atoms with Gasteiger partial charge in [-0.1, -0.05) is 140 Å². The average molecular weight is 622 g/mol. The summed E-state index contributed by atoms with van der Waals surface area (Å²) in [4.78, 5) is 11.0. The largest absolute Gasteiger partial charge is 0.292 e. The van der Waals surface area contributed by atoms with E-state index in [0.717, 1.165) is 49.9 Å². The summed E-state index contributed by atoms with van der Waals surface area (Å²) in [6.45, 7) is 0. The van der Waals surface area contributed by atoms with Crippen LogP contribution >= 0.6 is 0 Å². The predicted molar refractivity (Wildman–Crippen MR) is 207 cm³/mol. The Kier molecular flexibility index (Phi) is 5.38. The first-order chi connectivity index (χ1) is 24.3. The molecule has 11 aromatic rings. The van der Waals surface area contributed by atoms with E-state index in [0.29, 0.717) is 0 Å². The highest BCUT2D eigenvalue weighted by molar-refractivity contribution is 6.35. The first-order valence-corrected chi connectivity index (χ1v) is 16.8. The van der Waals surface area contributed by atoms with Crippen molar-refractivity contribution in [1.29, 1.82) is 0 Å². The Labute approximate surface area is 281 Å². The maximum atomic E-state index is 5.52. The normalized spacial score (nSPS) is 12.1. The molecule has 3 heteroatoms. The average Bonchev–Trinajstić information content (AvgIpc) is 3.49. The van der Waals surface area contributed by atoms with Gasteiger partial charge in [0.2, 0.25) is 0 Å². The second-order valence-corrected chi connectivity index (χ2v) is 12.9. The first-order valence-electron chi connectivity index (χ1n) is 16.8. The molecule has 0 atom stereocenters. The van der Waals surface area contributed by atoms with Crippen molar-refractivity contribution in [2.75, 3.05) is 0 Å². The van der Waals surface area contributed by atoms with Gasteiger partial charge in [0, 0.05) is 27.1 Å². The SMILES string of the molecule is c1ccc(-c2nc3c(ccc4ccccc43)nc2-n2c3cc4ccccc4cc3c3c4c5ccccc5c5ccccc5c4ccc32)cc1. The van der Waals surface area contributed by atoms with Gasteiger partial charge in [-0.3, -0.25) is 4.57 Å². The first kappa shape index (κ1) is 26.5. The Bertz CT molecular complexity index is 3120. The van der Waals surface area contributed by atoms with Crippen molar-refractivity contribution in [3.8, 4) is 17.1 Å². The van der Waals surface area contributed by atoms with Crippen molar-refractivity contribution in [3.63, 3.8) is 0 Å². The third kappa shape index (κ3) is 3.73. The summed E-state index contributed by atoms with van der Waals surface area (Å²) in [6.07, 6.45) is 0. The number of hydrogen-bond acceptors (Lipinski definition) is 2. The zero-order chi connectivity index (χ0) is 32.1. The second kappa shape index (κ2) is 9.96. The molecule has 3 nitrogen and oxygen atoms in total. The van der Waals surface area contributed by atoms with E-state index in [4.69, 9.17) is 9.97 Å².